The first-order valence-electron chi connectivity index (χ1n) is 11.4. The number of aromatic nitrogens is 2. The zero-order valence-electron chi connectivity index (χ0n) is 19.1. The van der Waals surface area contributed by atoms with Crippen LogP contribution in [0.2, 0.25) is 5.02 Å². The number of hydrogen-bond donors (Lipinski definition) is 0. The van der Waals surface area contributed by atoms with E-state index in [0.29, 0.717) is 36.9 Å². The maximum absolute atomic E-state index is 13.3. The average Bonchev–Trinajstić information content (AvgIpc) is 3.39. The number of para-hydroxylation sites is 1. The number of rotatable bonds is 3. The van der Waals surface area contributed by atoms with Crippen molar-refractivity contribution in [2.75, 3.05) is 31.1 Å². The lowest BCUT2D eigenvalue weighted by atomic mass is 10.0. The van der Waals surface area contributed by atoms with E-state index >= 15 is 0 Å². The monoisotopic (exact) mass is 479 g/mol. The maximum Gasteiger partial charge on any atom is 0.275 e. The third-order valence-electron chi connectivity index (χ3n) is 6.77. The number of carbonyl (C=O) groups is 3. The zero-order chi connectivity index (χ0) is 24.0. The summed E-state index contributed by atoms with van der Waals surface area (Å²) in [6, 6.07) is 14.6. The second-order valence-electron chi connectivity index (χ2n) is 9.00. The van der Waals surface area contributed by atoms with E-state index in [1.807, 2.05) is 38.2 Å². The Hall–Kier alpha value is -3.39. The Morgan fingerprint density at radius 2 is 1.76 bits per heavy atom. The van der Waals surface area contributed by atoms with Crippen LogP contribution in [0.25, 0.3) is 10.9 Å². The fraction of sp³-hybridized carbons (Fsp3) is 0.360. The van der Waals surface area contributed by atoms with Crippen LogP contribution in [0.3, 0.4) is 0 Å². The quantitative estimate of drug-likeness (QED) is 0.578. The van der Waals surface area contributed by atoms with Crippen molar-refractivity contribution >= 4 is 45.9 Å². The molecule has 0 N–H and O–H groups in total. The molecule has 0 spiro atoms. The van der Waals surface area contributed by atoms with E-state index in [0.717, 1.165) is 16.6 Å². The number of halogens is 1. The average molecular weight is 480 g/mol. The standard InChI is InChI=1S/C25H26ClN5O3/c1-16-14-29(24(33)17-13-22(32)31(15-17)19-9-7-18(26)8-10-19)11-12-30(16)25(34)23-20-5-3-4-6-21(20)28(2)27-23/h3-10,16-17H,11-15H2,1-2H3/t16-,17?/m1/s1. The summed E-state index contributed by atoms with van der Waals surface area (Å²) in [5.41, 5.74) is 2.09. The van der Waals surface area contributed by atoms with Crippen LogP contribution < -0.4 is 4.90 Å². The molecule has 1 aromatic heterocycles. The highest BCUT2D eigenvalue weighted by Gasteiger charge is 2.40. The number of hydrogen-bond acceptors (Lipinski definition) is 4. The molecule has 2 aliphatic rings. The van der Waals surface area contributed by atoms with Gasteiger partial charge in [-0.25, -0.2) is 0 Å². The Bertz CT molecular complexity index is 1270. The van der Waals surface area contributed by atoms with Gasteiger partial charge in [-0.2, -0.15) is 5.10 Å². The fourth-order valence-corrected chi connectivity index (χ4v) is 5.10. The van der Waals surface area contributed by atoms with Gasteiger partial charge in [0, 0.05) is 61.8 Å². The minimum atomic E-state index is -0.391. The van der Waals surface area contributed by atoms with E-state index in [9.17, 15) is 14.4 Å². The highest BCUT2D eigenvalue weighted by molar-refractivity contribution is 6.30. The van der Waals surface area contributed by atoms with Crippen LogP contribution >= 0.6 is 11.6 Å². The largest absolute Gasteiger partial charge is 0.339 e. The van der Waals surface area contributed by atoms with Gasteiger partial charge in [0.05, 0.1) is 11.4 Å². The molecule has 9 heteroatoms. The molecule has 176 valence electrons. The van der Waals surface area contributed by atoms with Gasteiger partial charge >= 0.3 is 0 Å². The Morgan fingerprint density at radius 1 is 1.03 bits per heavy atom. The zero-order valence-corrected chi connectivity index (χ0v) is 19.9. The molecule has 2 aliphatic heterocycles. The molecule has 5 rings (SSSR count). The third kappa shape index (κ3) is 3.92. The summed E-state index contributed by atoms with van der Waals surface area (Å²) >= 11 is 5.95. The van der Waals surface area contributed by atoms with E-state index in [1.165, 1.54) is 0 Å². The van der Waals surface area contributed by atoms with E-state index in [2.05, 4.69) is 5.10 Å². The van der Waals surface area contributed by atoms with Crippen molar-refractivity contribution in [1.82, 2.24) is 19.6 Å². The lowest BCUT2D eigenvalue weighted by molar-refractivity contribution is -0.138. The van der Waals surface area contributed by atoms with Crippen LogP contribution in [0.5, 0.6) is 0 Å². The molecule has 0 bridgehead atoms. The molecule has 2 fully saturated rings. The smallest absolute Gasteiger partial charge is 0.275 e. The molecule has 3 aromatic rings. The van der Waals surface area contributed by atoms with E-state index in [-0.39, 0.29) is 30.2 Å². The number of aryl methyl sites for hydroxylation is 1. The van der Waals surface area contributed by atoms with Crippen molar-refractivity contribution in [3.05, 3.63) is 59.2 Å². The SMILES string of the molecule is C[C@@H]1CN(C(=O)C2CC(=O)N(c3ccc(Cl)cc3)C2)CCN1C(=O)c1nn(C)c2ccccc12. The maximum atomic E-state index is 13.3. The van der Waals surface area contributed by atoms with E-state index in [1.54, 1.807) is 43.6 Å². The van der Waals surface area contributed by atoms with E-state index in [4.69, 9.17) is 11.6 Å². The minimum absolute atomic E-state index is 0.0351. The molecule has 34 heavy (non-hydrogen) atoms. The first-order valence-corrected chi connectivity index (χ1v) is 11.8. The van der Waals surface area contributed by atoms with Gasteiger partial charge in [0.25, 0.3) is 5.91 Å². The molecule has 2 saturated heterocycles. The summed E-state index contributed by atoms with van der Waals surface area (Å²) in [6.07, 6.45) is 0.189. The molecule has 0 radical (unpaired) electrons. The molecule has 3 heterocycles. The van der Waals surface area contributed by atoms with Crippen LogP contribution in [0, 0.1) is 5.92 Å². The van der Waals surface area contributed by atoms with Gasteiger partial charge in [-0.05, 0) is 37.3 Å². The number of nitrogens with zero attached hydrogens (tertiary/aromatic N) is 5. The first-order chi connectivity index (χ1) is 16.3. The second kappa shape index (κ2) is 8.76. The van der Waals surface area contributed by atoms with Crippen LogP contribution in [0.15, 0.2) is 48.5 Å². The molecule has 0 aliphatic carbocycles. The molecule has 3 amide bonds. The van der Waals surface area contributed by atoms with Gasteiger partial charge in [-0.1, -0.05) is 29.8 Å². The van der Waals surface area contributed by atoms with Crippen molar-refractivity contribution in [2.45, 2.75) is 19.4 Å². The van der Waals surface area contributed by atoms with Crippen LogP contribution in [0.1, 0.15) is 23.8 Å². The topological polar surface area (TPSA) is 78.8 Å². The third-order valence-corrected chi connectivity index (χ3v) is 7.02. The molecule has 8 nitrogen and oxygen atoms in total. The van der Waals surface area contributed by atoms with Gasteiger partial charge in [0.2, 0.25) is 11.8 Å². The Kier molecular flexibility index (Phi) is 5.77. The molecular weight excluding hydrogens is 454 g/mol. The van der Waals surface area contributed by atoms with Gasteiger partial charge in [0.15, 0.2) is 5.69 Å². The molecule has 2 aromatic carbocycles. The van der Waals surface area contributed by atoms with Crippen molar-refractivity contribution in [3.8, 4) is 0 Å². The van der Waals surface area contributed by atoms with Crippen molar-refractivity contribution < 1.29 is 14.4 Å². The lowest BCUT2D eigenvalue weighted by Gasteiger charge is -2.40. The number of amides is 3. The normalized spacial score (nSPS) is 20.9. The summed E-state index contributed by atoms with van der Waals surface area (Å²) in [7, 11) is 1.83. The highest BCUT2D eigenvalue weighted by Crippen LogP contribution is 2.28. The van der Waals surface area contributed by atoms with E-state index < -0.39 is 5.92 Å². The predicted molar refractivity (Wildman–Crippen MR) is 130 cm³/mol. The van der Waals surface area contributed by atoms with Crippen molar-refractivity contribution in [2.24, 2.45) is 13.0 Å². The lowest BCUT2D eigenvalue weighted by Crippen LogP contribution is -2.56. The van der Waals surface area contributed by atoms with Crippen molar-refractivity contribution in [1.29, 1.82) is 0 Å². The molecule has 0 saturated carbocycles. The molecular formula is C25H26ClN5O3. The van der Waals surface area contributed by atoms with Crippen LogP contribution in [0.4, 0.5) is 5.69 Å². The van der Waals surface area contributed by atoms with Crippen molar-refractivity contribution in [3.63, 3.8) is 0 Å². The summed E-state index contributed by atoms with van der Waals surface area (Å²) in [6.45, 7) is 3.60. The summed E-state index contributed by atoms with van der Waals surface area (Å²) in [5, 5.41) is 5.89. The molecule has 2 atom stereocenters. The first kappa shape index (κ1) is 22.4. The van der Waals surface area contributed by atoms with Crippen LogP contribution in [-0.2, 0) is 16.6 Å². The fourth-order valence-electron chi connectivity index (χ4n) is 4.97. The number of anilines is 1. The Morgan fingerprint density at radius 3 is 2.50 bits per heavy atom. The summed E-state index contributed by atoms with van der Waals surface area (Å²) in [4.78, 5) is 44.4. The minimum Gasteiger partial charge on any atom is -0.339 e. The number of fused-ring (bicyclic) bond motifs is 1. The summed E-state index contributed by atoms with van der Waals surface area (Å²) < 4.78 is 1.72. The van der Waals surface area contributed by atoms with Gasteiger partial charge in [0.1, 0.15) is 0 Å². The molecule has 1 unspecified atom stereocenters. The second-order valence-corrected chi connectivity index (χ2v) is 9.44. The Balaban J connectivity index is 1.26. The Labute approximate surface area is 202 Å². The van der Waals surface area contributed by atoms with Crippen LogP contribution in [-0.4, -0.2) is 69.5 Å². The number of benzene rings is 2. The summed E-state index contributed by atoms with van der Waals surface area (Å²) in [5.74, 6) is -0.615. The predicted octanol–water partition coefficient (Wildman–Crippen LogP) is 2.95. The van der Waals surface area contributed by atoms with Gasteiger partial charge < -0.3 is 14.7 Å². The highest BCUT2D eigenvalue weighted by atomic mass is 35.5. The van der Waals surface area contributed by atoms with Gasteiger partial charge in [-0.15, -0.1) is 0 Å². The number of carbonyl (C=O) groups excluding carboxylic acids is 3. The van der Waals surface area contributed by atoms with Gasteiger partial charge in [-0.3, -0.25) is 19.1 Å². The number of piperazine rings is 1.